The summed E-state index contributed by atoms with van der Waals surface area (Å²) in [5.74, 6) is -2.01. The van der Waals surface area contributed by atoms with E-state index in [1.165, 1.54) is 24.3 Å². The fourth-order valence-corrected chi connectivity index (χ4v) is 3.91. The van der Waals surface area contributed by atoms with Crippen LogP contribution < -0.4 is 15.0 Å². The molecule has 0 aliphatic carbocycles. The van der Waals surface area contributed by atoms with E-state index in [0.29, 0.717) is 32.3 Å². The summed E-state index contributed by atoms with van der Waals surface area (Å²) in [4.78, 5) is 38.1. The van der Waals surface area contributed by atoms with Gasteiger partial charge in [0.1, 0.15) is 23.7 Å². The number of carbonyl (C=O) groups is 3. The highest BCUT2D eigenvalue weighted by Crippen LogP contribution is 2.29. The summed E-state index contributed by atoms with van der Waals surface area (Å²) in [7, 11) is 0. The second-order valence-corrected chi connectivity index (χ2v) is 8.31. The van der Waals surface area contributed by atoms with Gasteiger partial charge in [0.2, 0.25) is 0 Å². The predicted molar refractivity (Wildman–Crippen MR) is 125 cm³/mol. The average molecular weight is 530 g/mol. The van der Waals surface area contributed by atoms with E-state index in [0.717, 1.165) is 11.6 Å². The zero-order valence-corrected chi connectivity index (χ0v) is 19.2. The number of ether oxygens (including phenoxy) is 1. The summed E-state index contributed by atoms with van der Waals surface area (Å²) in [6.07, 6.45) is 1.32. The lowest BCUT2D eigenvalue weighted by atomic mass is 10.1. The molecule has 1 fully saturated rings. The normalized spacial score (nSPS) is 15.1. The van der Waals surface area contributed by atoms with E-state index < -0.39 is 23.7 Å². The summed E-state index contributed by atoms with van der Waals surface area (Å²) >= 11 is 9.40. The number of halogens is 3. The number of amides is 4. The molecule has 9 heteroatoms. The molecule has 1 heterocycles. The van der Waals surface area contributed by atoms with E-state index in [1.807, 2.05) is 12.1 Å². The van der Waals surface area contributed by atoms with Crippen molar-refractivity contribution in [2.24, 2.45) is 0 Å². The first-order valence-corrected chi connectivity index (χ1v) is 10.8. The van der Waals surface area contributed by atoms with Gasteiger partial charge >= 0.3 is 6.03 Å². The lowest BCUT2D eigenvalue weighted by molar-refractivity contribution is -0.122. The largest absolute Gasteiger partial charge is 0.488 e. The van der Waals surface area contributed by atoms with Crippen LogP contribution in [0.1, 0.15) is 11.1 Å². The Labute approximate surface area is 201 Å². The van der Waals surface area contributed by atoms with Crippen molar-refractivity contribution in [3.05, 3.63) is 98.7 Å². The van der Waals surface area contributed by atoms with E-state index in [9.17, 15) is 18.8 Å². The number of urea groups is 1. The minimum Gasteiger partial charge on any atom is -0.488 e. The lowest BCUT2D eigenvalue weighted by Crippen LogP contribution is -2.54. The minimum absolute atomic E-state index is 0.246. The van der Waals surface area contributed by atoms with Gasteiger partial charge < -0.3 is 4.74 Å². The maximum Gasteiger partial charge on any atom is 0.336 e. The van der Waals surface area contributed by atoms with Crippen LogP contribution in [-0.4, -0.2) is 17.8 Å². The summed E-state index contributed by atoms with van der Waals surface area (Å²) in [5.41, 5.74) is 0.836. The minimum atomic E-state index is -1.02. The summed E-state index contributed by atoms with van der Waals surface area (Å²) < 4.78 is 20.6. The van der Waals surface area contributed by atoms with Gasteiger partial charge in [-0.15, -0.1) is 0 Å². The van der Waals surface area contributed by atoms with E-state index in [1.54, 1.807) is 30.3 Å². The van der Waals surface area contributed by atoms with Crippen LogP contribution >= 0.6 is 27.5 Å². The molecule has 6 nitrogen and oxygen atoms in total. The van der Waals surface area contributed by atoms with Gasteiger partial charge in [-0.2, -0.15) is 0 Å². The number of hydrogen-bond acceptors (Lipinski definition) is 4. The quantitative estimate of drug-likeness (QED) is 0.350. The van der Waals surface area contributed by atoms with Crippen molar-refractivity contribution < 1.29 is 23.5 Å². The van der Waals surface area contributed by atoms with Crippen LogP contribution in [0.3, 0.4) is 0 Å². The van der Waals surface area contributed by atoms with Crippen molar-refractivity contribution in [3.63, 3.8) is 0 Å². The Morgan fingerprint density at radius 3 is 2.55 bits per heavy atom. The number of para-hydroxylation sites is 1. The van der Waals surface area contributed by atoms with Gasteiger partial charge in [0.15, 0.2) is 0 Å². The maximum atomic E-state index is 14.2. The van der Waals surface area contributed by atoms with Gasteiger partial charge in [0, 0.05) is 5.02 Å². The smallest absolute Gasteiger partial charge is 0.336 e. The Bertz CT molecular complexity index is 1310. The average Bonchev–Trinajstić information content (AvgIpc) is 2.77. The van der Waals surface area contributed by atoms with E-state index in [-0.39, 0.29) is 11.3 Å². The Morgan fingerprint density at radius 1 is 1.03 bits per heavy atom. The summed E-state index contributed by atoms with van der Waals surface area (Å²) in [5, 5.41) is 2.68. The first kappa shape index (κ1) is 22.7. The molecule has 0 spiro atoms. The van der Waals surface area contributed by atoms with E-state index >= 15 is 0 Å². The second kappa shape index (κ2) is 9.56. The van der Waals surface area contributed by atoms with E-state index in [4.69, 9.17) is 16.3 Å². The summed E-state index contributed by atoms with van der Waals surface area (Å²) in [6.45, 7) is 0.292. The van der Waals surface area contributed by atoms with Crippen LogP contribution in [0.15, 0.2) is 76.8 Å². The third-order valence-electron chi connectivity index (χ3n) is 4.75. The molecule has 1 aliphatic heterocycles. The first-order valence-electron chi connectivity index (χ1n) is 9.66. The molecule has 1 aliphatic rings. The lowest BCUT2D eigenvalue weighted by Gasteiger charge is -2.26. The van der Waals surface area contributed by atoms with Crippen molar-refractivity contribution in [1.82, 2.24) is 5.32 Å². The van der Waals surface area contributed by atoms with Gasteiger partial charge in [-0.3, -0.25) is 14.9 Å². The molecule has 4 amide bonds. The van der Waals surface area contributed by atoms with Crippen LogP contribution in [0.2, 0.25) is 5.02 Å². The molecule has 3 aromatic carbocycles. The number of carbonyl (C=O) groups excluding carboxylic acids is 3. The summed E-state index contributed by atoms with van der Waals surface area (Å²) in [6, 6.07) is 16.6. The van der Waals surface area contributed by atoms with Crippen LogP contribution in [0, 0.1) is 5.82 Å². The molecule has 0 bridgehead atoms. The molecule has 1 N–H and O–H groups in total. The number of rotatable bonds is 5. The molecule has 0 aromatic heterocycles. The van der Waals surface area contributed by atoms with Crippen LogP contribution in [0.5, 0.6) is 5.75 Å². The van der Waals surface area contributed by atoms with Crippen molar-refractivity contribution in [2.45, 2.75) is 6.61 Å². The number of anilines is 1. The molecule has 1 saturated heterocycles. The highest BCUT2D eigenvalue weighted by atomic mass is 79.9. The number of nitrogens with zero attached hydrogens (tertiary/aromatic N) is 1. The molecular weight excluding hydrogens is 515 g/mol. The van der Waals surface area contributed by atoms with Crippen molar-refractivity contribution in [1.29, 1.82) is 0 Å². The molecule has 3 aromatic rings. The monoisotopic (exact) mass is 528 g/mol. The second-order valence-electron chi connectivity index (χ2n) is 7.02. The van der Waals surface area contributed by atoms with Gasteiger partial charge in [-0.05, 0) is 69.5 Å². The third-order valence-corrected chi connectivity index (χ3v) is 5.60. The molecule has 33 heavy (non-hydrogen) atoms. The number of hydrogen-bond donors (Lipinski definition) is 1. The van der Waals surface area contributed by atoms with Crippen molar-refractivity contribution in [3.8, 4) is 5.75 Å². The van der Waals surface area contributed by atoms with Crippen LogP contribution in [-0.2, 0) is 16.2 Å². The Balaban J connectivity index is 1.57. The number of nitrogens with one attached hydrogen (secondary N) is 1. The predicted octanol–water partition coefficient (Wildman–Crippen LogP) is 5.49. The van der Waals surface area contributed by atoms with Gasteiger partial charge in [0.05, 0.1) is 10.2 Å². The molecule has 4 rings (SSSR count). The number of barbiturate groups is 1. The Morgan fingerprint density at radius 2 is 1.82 bits per heavy atom. The molecule has 0 unspecified atom stereocenters. The van der Waals surface area contributed by atoms with Crippen LogP contribution in [0.25, 0.3) is 6.08 Å². The highest BCUT2D eigenvalue weighted by molar-refractivity contribution is 9.10. The van der Waals surface area contributed by atoms with Crippen LogP contribution in [0.4, 0.5) is 14.9 Å². The molecular formula is C24H15BrClFN2O4. The Kier molecular flexibility index (Phi) is 6.57. The SMILES string of the molecule is O=C1NC(=O)N(c2ccccc2F)C(=O)/C1=C\c1ccc(OCc2cccc(Cl)c2)c(Br)c1. The first-order chi connectivity index (χ1) is 15.8. The molecule has 0 saturated carbocycles. The topological polar surface area (TPSA) is 75.7 Å². The van der Waals surface area contributed by atoms with Crippen molar-refractivity contribution in [2.75, 3.05) is 4.90 Å². The Hall–Kier alpha value is -3.49. The zero-order chi connectivity index (χ0) is 23.5. The van der Waals surface area contributed by atoms with Gasteiger partial charge in [-0.25, -0.2) is 14.1 Å². The maximum absolute atomic E-state index is 14.2. The zero-order valence-electron chi connectivity index (χ0n) is 16.8. The highest BCUT2D eigenvalue weighted by Gasteiger charge is 2.37. The molecule has 0 atom stereocenters. The third kappa shape index (κ3) is 4.97. The molecule has 0 radical (unpaired) electrons. The van der Waals surface area contributed by atoms with Gasteiger partial charge in [-0.1, -0.05) is 41.9 Å². The van der Waals surface area contributed by atoms with Crippen molar-refractivity contribution >= 4 is 57.1 Å². The number of imide groups is 2. The van der Waals surface area contributed by atoms with Gasteiger partial charge in [0.25, 0.3) is 11.8 Å². The standard InChI is InChI=1S/C24H15BrClFN2O4/c25-18-12-14(8-9-21(18)33-13-15-4-3-5-16(26)10-15)11-17-22(30)28-24(32)29(23(17)31)20-7-2-1-6-19(20)27/h1-12H,13H2,(H,28,30,32)/b17-11-. The van der Waals surface area contributed by atoms with E-state index in [2.05, 4.69) is 21.2 Å². The number of benzene rings is 3. The fourth-order valence-electron chi connectivity index (χ4n) is 3.19. The fraction of sp³-hybridized carbons (Fsp3) is 0.0417. The molecule has 166 valence electrons.